The molecule has 1 heterocycles. The molecule has 1 amide bonds. The monoisotopic (exact) mass is 433 g/mol. The number of ether oxygens (including phenoxy) is 3. The second-order valence-corrected chi connectivity index (χ2v) is 7.30. The average Bonchev–Trinajstić information content (AvgIpc) is 3.26. The van der Waals surface area contributed by atoms with Gasteiger partial charge in [0, 0.05) is 17.0 Å². The number of carbonyl (C=O) groups is 1. The first-order chi connectivity index (χ1) is 14.5. The van der Waals surface area contributed by atoms with Crippen LogP contribution in [0.3, 0.4) is 0 Å². The number of carbonyl (C=O) groups excluding carboxylic acids is 1. The Balaban J connectivity index is 1.53. The smallest absolute Gasteiger partial charge is 0.387 e. The van der Waals surface area contributed by atoms with Crippen molar-refractivity contribution in [2.45, 2.75) is 19.6 Å². The number of benzene rings is 2. The predicted molar refractivity (Wildman–Crippen MR) is 111 cm³/mol. The van der Waals surface area contributed by atoms with E-state index in [0.29, 0.717) is 30.9 Å². The molecule has 1 N–H and O–H groups in total. The van der Waals surface area contributed by atoms with E-state index in [9.17, 15) is 13.6 Å². The molecule has 1 aromatic heterocycles. The SMILES string of the molecule is COc1ccc(CCNC(=O)c2cccc(OCc3cccs3)c2)cc1OC(F)F. The van der Waals surface area contributed by atoms with Crippen molar-refractivity contribution >= 4 is 17.2 Å². The van der Waals surface area contributed by atoms with Crippen LogP contribution in [0.4, 0.5) is 8.78 Å². The van der Waals surface area contributed by atoms with Gasteiger partial charge in [-0.2, -0.15) is 8.78 Å². The normalized spacial score (nSPS) is 10.7. The van der Waals surface area contributed by atoms with Crippen LogP contribution in [0.5, 0.6) is 17.2 Å². The summed E-state index contributed by atoms with van der Waals surface area (Å²) in [5.74, 6) is 0.559. The number of methoxy groups -OCH3 is 1. The number of thiophene rings is 1. The number of hydrogen-bond acceptors (Lipinski definition) is 5. The largest absolute Gasteiger partial charge is 0.493 e. The zero-order valence-corrected chi connectivity index (χ0v) is 17.1. The number of alkyl halides is 2. The lowest BCUT2D eigenvalue weighted by molar-refractivity contribution is -0.0512. The Labute approximate surface area is 177 Å². The van der Waals surface area contributed by atoms with Crippen LogP contribution in [0.15, 0.2) is 60.0 Å². The highest BCUT2D eigenvalue weighted by Gasteiger charge is 2.12. The van der Waals surface area contributed by atoms with E-state index in [1.807, 2.05) is 17.5 Å². The van der Waals surface area contributed by atoms with E-state index < -0.39 is 6.61 Å². The van der Waals surface area contributed by atoms with Crippen LogP contribution >= 0.6 is 11.3 Å². The zero-order chi connectivity index (χ0) is 21.3. The Morgan fingerprint density at radius 3 is 2.70 bits per heavy atom. The quantitative estimate of drug-likeness (QED) is 0.494. The van der Waals surface area contributed by atoms with Crippen LogP contribution < -0.4 is 19.5 Å². The molecule has 0 aliphatic rings. The van der Waals surface area contributed by atoms with E-state index in [4.69, 9.17) is 9.47 Å². The Kier molecular flexibility index (Phi) is 7.62. The molecule has 8 heteroatoms. The van der Waals surface area contributed by atoms with E-state index >= 15 is 0 Å². The molecule has 5 nitrogen and oxygen atoms in total. The summed E-state index contributed by atoms with van der Waals surface area (Å²) in [5.41, 5.74) is 1.22. The summed E-state index contributed by atoms with van der Waals surface area (Å²) in [5, 5.41) is 4.80. The molecule has 0 radical (unpaired) electrons. The van der Waals surface area contributed by atoms with Crippen molar-refractivity contribution in [3.05, 3.63) is 76.0 Å². The number of nitrogens with one attached hydrogen (secondary N) is 1. The van der Waals surface area contributed by atoms with Crippen molar-refractivity contribution in [3.63, 3.8) is 0 Å². The van der Waals surface area contributed by atoms with Crippen LogP contribution in [0.25, 0.3) is 0 Å². The molecule has 0 atom stereocenters. The standard InChI is InChI=1S/C22H21F2NO4S/c1-27-19-8-7-15(12-20(19)29-22(23)24)9-10-25-21(26)16-4-2-5-17(13-16)28-14-18-6-3-11-30-18/h2-8,11-13,22H,9-10,14H2,1H3,(H,25,26). The molecule has 0 saturated carbocycles. The molecule has 158 valence electrons. The van der Waals surface area contributed by atoms with Gasteiger partial charge in [0.25, 0.3) is 5.91 Å². The maximum Gasteiger partial charge on any atom is 0.387 e. The van der Waals surface area contributed by atoms with Gasteiger partial charge >= 0.3 is 6.61 Å². The maximum absolute atomic E-state index is 12.5. The van der Waals surface area contributed by atoms with E-state index in [1.54, 1.807) is 47.7 Å². The third kappa shape index (κ3) is 6.18. The average molecular weight is 433 g/mol. The summed E-state index contributed by atoms with van der Waals surface area (Å²) in [6, 6.07) is 15.7. The predicted octanol–water partition coefficient (Wildman–Crippen LogP) is 4.91. The van der Waals surface area contributed by atoms with Gasteiger partial charge in [0.15, 0.2) is 11.5 Å². The van der Waals surface area contributed by atoms with Crippen molar-refractivity contribution in [2.24, 2.45) is 0 Å². The molecule has 0 aliphatic heterocycles. The number of halogens is 2. The summed E-state index contributed by atoms with van der Waals surface area (Å²) >= 11 is 1.61. The molecule has 30 heavy (non-hydrogen) atoms. The molecule has 0 unspecified atom stereocenters. The fourth-order valence-electron chi connectivity index (χ4n) is 2.76. The van der Waals surface area contributed by atoms with Crippen molar-refractivity contribution in [1.82, 2.24) is 5.32 Å². The van der Waals surface area contributed by atoms with Gasteiger partial charge in [-0.3, -0.25) is 4.79 Å². The Morgan fingerprint density at radius 2 is 1.97 bits per heavy atom. The minimum absolute atomic E-state index is 0.0353. The summed E-state index contributed by atoms with van der Waals surface area (Å²) in [4.78, 5) is 13.5. The number of rotatable bonds is 10. The van der Waals surface area contributed by atoms with Gasteiger partial charge in [-0.15, -0.1) is 11.3 Å². The molecule has 2 aromatic carbocycles. The summed E-state index contributed by atoms with van der Waals surface area (Å²) in [6.07, 6.45) is 0.448. The van der Waals surface area contributed by atoms with Gasteiger partial charge in [-0.1, -0.05) is 18.2 Å². The van der Waals surface area contributed by atoms with Gasteiger partial charge in [0.2, 0.25) is 0 Å². The molecule has 0 aliphatic carbocycles. The van der Waals surface area contributed by atoms with Crippen molar-refractivity contribution in [2.75, 3.05) is 13.7 Å². The summed E-state index contributed by atoms with van der Waals surface area (Å²) in [7, 11) is 1.38. The topological polar surface area (TPSA) is 56.8 Å². The van der Waals surface area contributed by atoms with Gasteiger partial charge in [0.05, 0.1) is 7.11 Å². The number of hydrogen-bond donors (Lipinski definition) is 1. The van der Waals surface area contributed by atoms with E-state index in [-0.39, 0.29) is 17.4 Å². The van der Waals surface area contributed by atoms with Crippen LogP contribution in [0.2, 0.25) is 0 Å². The second-order valence-electron chi connectivity index (χ2n) is 6.27. The highest BCUT2D eigenvalue weighted by atomic mass is 32.1. The van der Waals surface area contributed by atoms with E-state index in [0.717, 1.165) is 10.4 Å². The first-order valence-electron chi connectivity index (χ1n) is 9.20. The second kappa shape index (κ2) is 10.6. The molecule has 3 aromatic rings. The minimum atomic E-state index is -2.94. The lowest BCUT2D eigenvalue weighted by Gasteiger charge is -2.12. The van der Waals surface area contributed by atoms with Gasteiger partial charge < -0.3 is 19.5 Å². The maximum atomic E-state index is 12.5. The molecular weight excluding hydrogens is 412 g/mol. The van der Waals surface area contributed by atoms with E-state index in [2.05, 4.69) is 10.1 Å². The van der Waals surface area contributed by atoms with Crippen LogP contribution in [-0.4, -0.2) is 26.2 Å². The lowest BCUT2D eigenvalue weighted by Crippen LogP contribution is -2.25. The third-order valence-electron chi connectivity index (χ3n) is 4.20. The number of amides is 1. The molecule has 0 fully saturated rings. The molecule has 0 bridgehead atoms. The Hall–Kier alpha value is -3.13. The van der Waals surface area contributed by atoms with Crippen molar-refractivity contribution in [3.8, 4) is 17.2 Å². The Morgan fingerprint density at radius 1 is 1.10 bits per heavy atom. The van der Waals surface area contributed by atoms with Gasteiger partial charge in [-0.05, 0) is 53.8 Å². The molecule has 0 saturated heterocycles. The van der Waals surface area contributed by atoms with Crippen molar-refractivity contribution < 1.29 is 27.8 Å². The first-order valence-corrected chi connectivity index (χ1v) is 10.1. The summed E-state index contributed by atoms with van der Waals surface area (Å²) in [6.45, 7) is -2.16. The fourth-order valence-corrected chi connectivity index (χ4v) is 3.38. The molecule has 0 spiro atoms. The van der Waals surface area contributed by atoms with Crippen LogP contribution in [0, 0.1) is 0 Å². The lowest BCUT2D eigenvalue weighted by atomic mass is 10.1. The van der Waals surface area contributed by atoms with Gasteiger partial charge in [0.1, 0.15) is 12.4 Å². The highest BCUT2D eigenvalue weighted by Crippen LogP contribution is 2.29. The molecular formula is C22H21F2NO4S. The fraction of sp³-hybridized carbons (Fsp3) is 0.227. The van der Waals surface area contributed by atoms with Gasteiger partial charge in [-0.25, -0.2) is 0 Å². The highest BCUT2D eigenvalue weighted by molar-refractivity contribution is 7.09. The van der Waals surface area contributed by atoms with Crippen LogP contribution in [0.1, 0.15) is 20.8 Å². The minimum Gasteiger partial charge on any atom is -0.493 e. The summed E-state index contributed by atoms with van der Waals surface area (Å²) < 4.78 is 40.3. The third-order valence-corrected chi connectivity index (χ3v) is 5.05. The van der Waals surface area contributed by atoms with Crippen LogP contribution in [-0.2, 0) is 13.0 Å². The first kappa shape index (κ1) is 21.6. The Bertz CT molecular complexity index is 964. The van der Waals surface area contributed by atoms with E-state index in [1.165, 1.54) is 13.2 Å². The molecule has 3 rings (SSSR count). The zero-order valence-electron chi connectivity index (χ0n) is 16.3. The van der Waals surface area contributed by atoms with Crippen molar-refractivity contribution in [1.29, 1.82) is 0 Å².